The predicted octanol–water partition coefficient (Wildman–Crippen LogP) is 2.76. The van der Waals surface area contributed by atoms with Crippen LogP contribution in [-0.4, -0.2) is 38.0 Å². The molecule has 0 heterocycles. The third kappa shape index (κ3) is 7.65. The minimum Gasteiger partial charge on any atom is -0.493 e. The van der Waals surface area contributed by atoms with E-state index < -0.39 is 11.8 Å². The monoisotopic (exact) mass is 427 g/mol. The van der Waals surface area contributed by atoms with Crippen LogP contribution in [0.5, 0.6) is 11.5 Å². The molecule has 0 saturated heterocycles. The quantitative estimate of drug-likeness (QED) is 0.399. The highest BCUT2D eigenvalue weighted by Crippen LogP contribution is 2.28. The number of hydrogen-bond donors (Lipinski definition) is 3. The second-order valence-electron chi connectivity index (χ2n) is 6.95. The number of amides is 3. The number of carbonyl (C=O) groups excluding carboxylic acids is 3. The fourth-order valence-corrected chi connectivity index (χ4v) is 2.69. The SMILES string of the molecule is CCCCOc1ccc(C(=O)NNC(=O)CCNC(=O)c2cccc(C)c2)cc1OC. The highest BCUT2D eigenvalue weighted by molar-refractivity contribution is 5.96. The summed E-state index contributed by atoms with van der Waals surface area (Å²) in [5, 5.41) is 2.68. The van der Waals surface area contributed by atoms with Gasteiger partial charge in [0.1, 0.15) is 0 Å². The van der Waals surface area contributed by atoms with E-state index in [4.69, 9.17) is 9.47 Å². The normalized spacial score (nSPS) is 10.2. The fourth-order valence-electron chi connectivity index (χ4n) is 2.69. The summed E-state index contributed by atoms with van der Waals surface area (Å²) in [6.45, 7) is 4.68. The molecule has 2 aromatic rings. The van der Waals surface area contributed by atoms with Crippen LogP contribution < -0.4 is 25.6 Å². The van der Waals surface area contributed by atoms with Crippen LogP contribution in [0.1, 0.15) is 52.5 Å². The molecule has 8 heteroatoms. The van der Waals surface area contributed by atoms with E-state index in [1.807, 2.05) is 13.0 Å². The van der Waals surface area contributed by atoms with Gasteiger partial charge in [-0.05, 0) is 43.7 Å². The third-order valence-corrected chi connectivity index (χ3v) is 4.41. The van der Waals surface area contributed by atoms with Gasteiger partial charge in [-0.1, -0.05) is 31.0 Å². The van der Waals surface area contributed by atoms with Gasteiger partial charge in [0.25, 0.3) is 11.8 Å². The molecule has 0 radical (unpaired) electrons. The van der Waals surface area contributed by atoms with Crippen molar-refractivity contribution >= 4 is 17.7 Å². The van der Waals surface area contributed by atoms with E-state index in [9.17, 15) is 14.4 Å². The van der Waals surface area contributed by atoms with Crippen molar-refractivity contribution in [2.75, 3.05) is 20.3 Å². The van der Waals surface area contributed by atoms with Crippen LogP contribution in [0.15, 0.2) is 42.5 Å². The predicted molar refractivity (Wildman–Crippen MR) is 117 cm³/mol. The highest BCUT2D eigenvalue weighted by atomic mass is 16.5. The van der Waals surface area contributed by atoms with E-state index in [1.165, 1.54) is 7.11 Å². The molecule has 0 fully saturated rings. The van der Waals surface area contributed by atoms with Gasteiger partial charge >= 0.3 is 0 Å². The number of ether oxygens (including phenoxy) is 2. The van der Waals surface area contributed by atoms with Gasteiger partial charge in [-0.3, -0.25) is 25.2 Å². The van der Waals surface area contributed by atoms with Crippen molar-refractivity contribution < 1.29 is 23.9 Å². The van der Waals surface area contributed by atoms with Crippen LogP contribution in [0.3, 0.4) is 0 Å². The minimum atomic E-state index is -0.490. The molecule has 0 saturated carbocycles. The van der Waals surface area contributed by atoms with Crippen molar-refractivity contribution in [3.63, 3.8) is 0 Å². The van der Waals surface area contributed by atoms with Crippen molar-refractivity contribution in [2.24, 2.45) is 0 Å². The van der Waals surface area contributed by atoms with Crippen molar-refractivity contribution in [3.8, 4) is 11.5 Å². The molecule has 2 rings (SSSR count). The third-order valence-electron chi connectivity index (χ3n) is 4.41. The van der Waals surface area contributed by atoms with Crippen molar-refractivity contribution in [1.82, 2.24) is 16.2 Å². The molecule has 0 bridgehead atoms. The lowest BCUT2D eigenvalue weighted by atomic mass is 10.1. The molecule has 8 nitrogen and oxygen atoms in total. The van der Waals surface area contributed by atoms with Crippen molar-refractivity contribution in [1.29, 1.82) is 0 Å². The molecule has 0 aliphatic rings. The average Bonchev–Trinajstić information content (AvgIpc) is 2.77. The molecule has 0 aromatic heterocycles. The first-order chi connectivity index (χ1) is 14.9. The standard InChI is InChI=1S/C23H29N3O5/c1-4-5-13-31-19-10-9-18(15-20(19)30-3)23(29)26-25-21(27)11-12-24-22(28)17-8-6-7-16(2)14-17/h6-10,14-15H,4-5,11-13H2,1-3H3,(H,24,28)(H,25,27)(H,26,29). The van der Waals surface area contributed by atoms with Gasteiger partial charge < -0.3 is 14.8 Å². The zero-order valence-electron chi connectivity index (χ0n) is 18.1. The lowest BCUT2D eigenvalue weighted by Crippen LogP contribution is -2.42. The van der Waals surface area contributed by atoms with Gasteiger partial charge in [-0.15, -0.1) is 0 Å². The Morgan fingerprint density at radius 1 is 0.935 bits per heavy atom. The lowest BCUT2D eigenvalue weighted by Gasteiger charge is -2.12. The summed E-state index contributed by atoms with van der Waals surface area (Å²) in [5.74, 6) is -0.177. The summed E-state index contributed by atoms with van der Waals surface area (Å²) in [6, 6.07) is 12.0. The fraction of sp³-hybridized carbons (Fsp3) is 0.348. The van der Waals surface area contributed by atoms with E-state index in [1.54, 1.807) is 36.4 Å². The van der Waals surface area contributed by atoms with E-state index >= 15 is 0 Å². The number of nitrogens with one attached hydrogen (secondary N) is 3. The zero-order valence-corrected chi connectivity index (χ0v) is 18.1. The summed E-state index contributed by atoms with van der Waals surface area (Å²) < 4.78 is 10.9. The summed E-state index contributed by atoms with van der Waals surface area (Å²) in [7, 11) is 1.50. The second kappa shape index (κ2) is 12.2. The van der Waals surface area contributed by atoms with Crippen LogP contribution in [-0.2, 0) is 4.79 Å². The Kier molecular flexibility index (Phi) is 9.35. The average molecular weight is 428 g/mol. The van der Waals surface area contributed by atoms with E-state index in [0.717, 1.165) is 18.4 Å². The maximum Gasteiger partial charge on any atom is 0.269 e. The van der Waals surface area contributed by atoms with Crippen molar-refractivity contribution in [3.05, 3.63) is 59.2 Å². The topological polar surface area (TPSA) is 106 Å². The molecule has 0 aliphatic heterocycles. The van der Waals surface area contributed by atoms with Crippen LogP contribution in [0.25, 0.3) is 0 Å². The molecular weight excluding hydrogens is 398 g/mol. The molecule has 0 unspecified atom stereocenters. The molecule has 0 spiro atoms. The van der Waals surface area contributed by atoms with E-state index in [2.05, 4.69) is 23.1 Å². The number of carbonyl (C=O) groups is 3. The Hall–Kier alpha value is -3.55. The van der Waals surface area contributed by atoms with Crippen LogP contribution >= 0.6 is 0 Å². The molecular formula is C23H29N3O5. The molecule has 31 heavy (non-hydrogen) atoms. The summed E-state index contributed by atoms with van der Waals surface area (Å²) in [5.41, 5.74) is 6.51. The number of methoxy groups -OCH3 is 1. The maximum absolute atomic E-state index is 12.3. The van der Waals surface area contributed by atoms with Crippen LogP contribution in [0.2, 0.25) is 0 Å². The van der Waals surface area contributed by atoms with Crippen LogP contribution in [0.4, 0.5) is 0 Å². The first-order valence-electron chi connectivity index (χ1n) is 10.2. The molecule has 3 N–H and O–H groups in total. The molecule has 166 valence electrons. The minimum absolute atomic E-state index is 0.0192. The van der Waals surface area contributed by atoms with E-state index in [0.29, 0.717) is 29.2 Å². The van der Waals surface area contributed by atoms with Gasteiger partial charge in [-0.25, -0.2) is 0 Å². The lowest BCUT2D eigenvalue weighted by molar-refractivity contribution is -0.121. The smallest absolute Gasteiger partial charge is 0.269 e. The van der Waals surface area contributed by atoms with Gasteiger partial charge in [0, 0.05) is 24.1 Å². The number of rotatable bonds is 10. The molecule has 2 aromatic carbocycles. The number of hydrazine groups is 1. The summed E-state index contributed by atoms with van der Waals surface area (Å²) >= 11 is 0. The van der Waals surface area contributed by atoms with Crippen molar-refractivity contribution in [2.45, 2.75) is 33.1 Å². The number of hydrogen-bond acceptors (Lipinski definition) is 5. The second-order valence-corrected chi connectivity index (χ2v) is 6.95. The first kappa shape index (κ1) is 23.7. The Balaban J connectivity index is 1.78. The number of unbranched alkanes of at least 4 members (excludes halogenated alkanes) is 1. The maximum atomic E-state index is 12.3. The number of aryl methyl sites for hydroxylation is 1. The first-order valence-corrected chi connectivity index (χ1v) is 10.2. The zero-order chi connectivity index (χ0) is 22.6. The summed E-state index contributed by atoms with van der Waals surface area (Å²) in [4.78, 5) is 36.3. The van der Waals surface area contributed by atoms with Gasteiger partial charge in [0.15, 0.2) is 11.5 Å². The Labute approximate surface area is 182 Å². The Bertz CT molecular complexity index is 914. The van der Waals surface area contributed by atoms with Gasteiger partial charge in [0.2, 0.25) is 5.91 Å². The summed E-state index contributed by atoms with van der Waals surface area (Å²) in [6.07, 6.45) is 1.95. The Morgan fingerprint density at radius 3 is 2.42 bits per heavy atom. The molecule has 0 atom stereocenters. The van der Waals surface area contributed by atoms with Gasteiger partial charge in [-0.2, -0.15) is 0 Å². The molecule has 3 amide bonds. The highest BCUT2D eigenvalue weighted by Gasteiger charge is 2.12. The Morgan fingerprint density at radius 2 is 1.71 bits per heavy atom. The largest absolute Gasteiger partial charge is 0.493 e. The molecule has 0 aliphatic carbocycles. The van der Waals surface area contributed by atoms with Crippen LogP contribution in [0, 0.1) is 6.92 Å². The van der Waals surface area contributed by atoms with E-state index in [-0.39, 0.29) is 18.9 Å². The van der Waals surface area contributed by atoms with Gasteiger partial charge in [0.05, 0.1) is 13.7 Å². The number of benzene rings is 2.